The molecule has 0 saturated heterocycles. The van der Waals surface area contributed by atoms with Crippen molar-refractivity contribution < 1.29 is 13.6 Å². The van der Waals surface area contributed by atoms with E-state index < -0.39 is 17.8 Å². The van der Waals surface area contributed by atoms with Crippen LogP contribution in [0.5, 0.6) is 0 Å². The normalized spacial score (nSPS) is 11.8. The van der Waals surface area contributed by atoms with Crippen molar-refractivity contribution in [3.05, 3.63) is 106 Å². The molecule has 0 unspecified atom stereocenters. The summed E-state index contributed by atoms with van der Waals surface area (Å²) in [5.74, 6) is -0.499. The summed E-state index contributed by atoms with van der Waals surface area (Å²) in [6.07, 6.45) is 0. The van der Waals surface area contributed by atoms with E-state index in [-0.39, 0.29) is 17.3 Å². The van der Waals surface area contributed by atoms with Crippen LogP contribution >= 0.6 is 15.9 Å². The predicted octanol–water partition coefficient (Wildman–Crippen LogP) is 5.16. The number of rotatable bonds is 5. The van der Waals surface area contributed by atoms with Crippen LogP contribution in [0.2, 0.25) is 0 Å². The van der Waals surface area contributed by atoms with E-state index in [0.29, 0.717) is 10.0 Å². The molecule has 1 amide bonds. The van der Waals surface area contributed by atoms with Gasteiger partial charge in [0, 0.05) is 15.6 Å². The van der Waals surface area contributed by atoms with Crippen LogP contribution in [-0.4, -0.2) is 16.1 Å². The third-order valence-corrected chi connectivity index (χ3v) is 5.01. The number of hydrogen-bond acceptors (Lipinski definition) is 4. The Bertz CT molecular complexity index is 1150. The fraction of sp³-hybridized carbons (Fsp3) is 0.0455. The van der Waals surface area contributed by atoms with Crippen LogP contribution < -0.4 is 5.32 Å². The summed E-state index contributed by atoms with van der Waals surface area (Å²) in [4.78, 5) is 12.9. The number of carbonyl (C=O) groups is 1. The van der Waals surface area contributed by atoms with E-state index in [1.54, 1.807) is 42.5 Å². The van der Waals surface area contributed by atoms with Crippen molar-refractivity contribution >= 4 is 21.8 Å². The number of nitrogens with zero attached hydrogens (tertiary/aromatic N) is 2. The molecule has 5 nitrogen and oxygen atoms in total. The Morgan fingerprint density at radius 3 is 2.38 bits per heavy atom. The van der Waals surface area contributed by atoms with Gasteiger partial charge in [-0.2, -0.15) is 0 Å². The lowest BCUT2D eigenvalue weighted by molar-refractivity contribution is 0.0936. The van der Waals surface area contributed by atoms with E-state index in [2.05, 4.69) is 31.4 Å². The summed E-state index contributed by atoms with van der Waals surface area (Å²) in [6.45, 7) is 0. The van der Waals surface area contributed by atoms with Crippen molar-refractivity contribution in [3.8, 4) is 11.5 Å². The molecule has 4 aromatic rings. The van der Waals surface area contributed by atoms with Gasteiger partial charge in [0.25, 0.3) is 5.91 Å². The van der Waals surface area contributed by atoms with E-state index in [9.17, 15) is 9.18 Å². The van der Waals surface area contributed by atoms with Crippen LogP contribution in [0.4, 0.5) is 4.39 Å². The lowest BCUT2D eigenvalue weighted by atomic mass is 10.1. The molecule has 4 rings (SSSR count). The second kappa shape index (κ2) is 8.36. The van der Waals surface area contributed by atoms with Crippen LogP contribution in [0, 0.1) is 5.82 Å². The second-order valence-corrected chi connectivity index (χ2v) is 7.07. The molecule has 1 aromatic heterocycles. The molecule has 0 fully saturated rings. The third kappa shape index (κ3) is 4.09. The van der Waals surface area contributed by atoms with Crippen molar-refractivity contribution in [2.24, 2.45) is 0 Å². The molecule has 29 heavy (non-hydrogen) atoms. The molecule has 3 aromatic carbocycles. The lowest BCUT2D eigenvalue weighted by Crippen LogP contribution is -2.30. The molecule has 1 atom stereocenters. The SMILES string of the molecule is O=C(N[C@@H](c1nnc(-c2ccccc2)o1)c1ccccc1F)c1ccccc1Br. The molecule has 1 N–H and O–H groups in total. The Morgan fingerprint density at radius 1 is 0.931 bits per heavy atom. The molecular formula is C22H15BrFN3O2. The summed E-state index contributed by atoms with van der Waals surface area (Å²) < 4.78 is 21.0. The molecule has 0 aliphatic heterocycles. The maximum Gasteiger partial charge on any atom is 0.253 e. The first-order valence-corrected chi connectivity index (χ1v) is 9.61. The van der Waals surface area contributed by atoms with Gasteiger partial charge >= 0.3 is 0 Å². The average Bonchev–Trinajstić information content (AvgIpc) is 3.23. The van der Waals surface area contributed by atoms with Gasteiger partial charge in [0.15, 0.2) is 0 Å². The van der Waals surface area contributed by atoms with Gasteiger partial charge in [-0.3, -0.25) is 4.79 Å². The summed E-state index contributed by atoms with van der Waals surface area (Å²) >= 11 is 3.36. The molecule has 0 saturated carbocycles. The number of amides is 1. The van der Waals surface area contributed by atoms with Gasteiger partial charge in [-0.05, 0) is 46.3 Å². The van der Waals surface area contributed by atoms with Gasteiger partial charge in [0.2, 0.25) is 11.8 Å². The highest BCUT2D eigenvalue weighted by Crippen LogP contribution is 2.27. The quantitative estimate of drug-likeness (QED) is 0.455. The summed E-state index contributed by atoms with van der Waals surface area (Å²) in [7, 11) is 0. The zero-order valence-electron chi connectivity index (χ0n) is 15.0. The first kappa shape index (κ1) is 19.0. The zero-order valence-corrected chi connectivity index (χ0v) is 16.6. The molecule has 144 valence electrons. The summed E-state index contributed by atoms with van der Waals surface area (Å²) in [5, 5.41) is 10.9. The highest BCUT2D eigenvalue weighted by Gasteiger charge is 2.27. The van der Waals surface area contributed by atoms with Crippen LogP contribution in [-0.2, 0) is 0 Å². The fourth-order valence-corrected chi connectivity index (χ4v) is 3.35. The Kier molecular flexibility index (Phi) is 5.48. The Balaban J connectivity index is 1.72. The van der Waals surface area contributed by atoms with Gasteiger partial charge in [0.05, 0.1) is 5.56 Å². The lowest BCUT2D eigenvalue weighted by Gasteiger charge is -2.17. The largest absolute Gasteiger partial charge is 0.418 e. The first-order chi connectivity index (χ1) is 14.1. The Hall–Kier alpha value is -3.32. The second-order valence-electron chi connectivity index (χ2n) is 6.22. The zero-order chi connectivity index (χ0) is 20.2. The minimum absolute atomic E-state index is 0.0920. The van der Waals surface area contributed by atoms with Crippen LogP contribution in [0.15, 0.2) is 87.8 Å². The van der Waals surface area contributed by atoms with Crippen molar-refractivity contribution in [2.75, 3.05) is 0 Å². The minimum atomic E-state index is -0.944. The van der Waals surface area contributed by atoms with E-state index in [1.165, 1.54) is 6.07 Å². The van der Waals surface area contributed by atoms with Crippen LogP contribution in [0.3, 0.4) is 0 Å². The van der Waals surface area contributed by atoms with E-state index in [4.69, 9.17) is 4.42 Å². The molecular weight excluding hydrogens is 437 g/mol. The standard InChI is InChI=1S/C22H15BrFN3O2/c23-17-12-6-4-10-15(17)20(28)25-19(16-11-5-7-13-18(16)24)22-27-26-21(29-22)14-8-2-1-3-9-14/h1-13,19H,(H,25,28)/t19-/m1/s1. The van der Waals surface area contributed by atoms with Crippen LogP contribution in [0.25, 0.3) is 11.5 Å². The maximum atomic E-state index is 14.5. The van der Waals surface area contributed by atoms with Crippen molar-refractivity contribution in [3.63, 3.8) is 0 Å². The van der Waals surface area contributed by atoms with Crippen molar-refractivity contribution in [2.45, 2.75) is 6.04 Å². The van der Waals surface area contributed by atoms with Gasteiger partial charge in [0.1, 0.15) is 11.9 Å². The number of hydrogen-bond donors (Lipinski definition) is 1. The topological polar surface area (TPSA) is 68.0 Å². The first-order valence-electron chi connectivity index (χ1n) is 8.82. The smallest absolute Gasteiger partial charge is 0.253 e. The number of aromatic nitrogens is 2. The minimum Gasteiger partial charge on any atom is -0.418 e. The average molecular weight is 452 g/mol. The highest BCUT2D eigenvalue weighted by molar-refractivity contribution is 9.10. The molecule has 0 bridgehead atoms. The van der Waals surface area contributed by atoms with Gasteiger partial charge in [-0.25, -0.2) is 4.39 Å². The van der Waals surface area contributed by atoms with Gasteiger partial charge in [-0.1, -0.05) is 48.5 Å². The van der Waals surface area contributed by atoms with Crippen molar-refractivity contribution in [1.29, 1.82) is 0 Å². The fourth-order valence-electron chi connectivity index (χ4n) is 2.88. The number of benzene rings is 3. The van der Waals surface area contributed by atoms with Crippen molar-refractivity contribution in [1.82, 2.24) is 15.5 Å². The number of carbonyl (C=O) groups excluding carboxylic acids is 1. The molecule has 0 radical (unpaired) electrons. The molecule has 1 heterocycles. The summed E-state index contributed by atoms with van der Waals surface area (Å²) in [6, 6.07) is 21.4. The van der Waals surface area contributed by atoms with E-state index in [1.807, 2.05) is 30.3 Å². The van der Waals surface area contributed by atoms with Crippen LogP contribution in [0.1, 0.15) is 27.9 Å². The Morgan fingerprint density at radius 2 is 1.62 bits per heavy atom. The molecule has 0 aliphatic carbocycles. The number of halogens is 2. The van der Waals surface area contributed by atoms with E-state index >= 15 is 0 Å². The molecule has 0 spiro atoms. The third-order valence-electron chi connectivity index (χ3n) is 4.32. The maximum absolute atomic E-state index is 14.5. The Labute approximate surface area is 174 Å². The number of nitrogens with one attached hydrogen (secondary N) is 1. The molecule has 7 heteroatoms. The van der Waals surface area contributed by atoms with Gasteiger partial charge < -0.3 is 9.73 Å². The highest BCUT2D eigenvalue weighted by atomic mass is 79.9. The molecule has 0 aliphatic rings. The predicted molar refractivity (Wildman–Crippen MR) is 110 cm³/mol. The van der Waals surface area contributed by atoms with Gasteiger partial charge in [-0.15, -0.1) is 10.2 Å². The van der Waals surface area contributed by atoms with E-state index in [0.717, 1.165) is 5.56 Å². The monoisotopic (exact) mass is 451 g/mol. The summed E-state index contributed by atoms with van der Waals surface area (Å²) in [5.41, 5.74) is 1.38.